The molecule has 0 spiro atoms. The molecule has 20 heavy (non-hydrogen) atoms. The minimum absolute atomic E-state index is 0.168. The van der Waals surface area contributed by atoms with E-state index in [9.17, 15) is 9.59 Å². The van der Waals surface area contributed by atoms with Crippen LogP contribution in [0.4, 0.5) is 4.79 Å². The lowest BCUT2D eigenvalue weighted by Gasteiger charge is -2.20. The number of thiophene rings is 1. The Kier molecular flexibility index (Phi) is 6.51. The molecule has 112 valence electrons. The van der Waals surface area contributed by atoms with Crippen molar-refractivity contribution in [3.05, 3.63) is 22.4 Å². The molecule has 0 aliphatic heterocycles. The zero-order valence-corrected chi connectivity index (χ0v) is 12.9. The number of aliphatic carboxylic acids is 1. The van der Waals surface area contributed by atoms with Crippen LogP contribution in [0.25, 0.3) is 0 Å². The van der Waals surface area contributed by atoms with Crippen LogP contribution in [0.1, 0.15) is 25.1 Å². The number of carboxylic acid groups (broad SMARTS) is 1. The van der Waals surface area contributed by atoms with Crippen molar-refractivity contribution >= 4 is 23.3 Å². The zero-order valence-electron chi connectivity index (χ0n) is 12.1. The summed E-state index contributed by atoms with van der Waals surface area (Å²) in [5.74, 6) is -1.11. The first-order chi connectivity index (χ1) is 9.40. The van der Waals surface area contributed by atoms with Crippen LogP contribution in [-0.4, -0.2) is 35.6 Å². The molecule has 1 unspecified atom stereocenters. The van der Waals surface area contributed by atoms with E-state index in [0.29, 0.717) is 13.0 Å². The third kappa shape index (κ3) is 5.61. The summed E-state index contributed by atoms with van der Waals surface area (Å²) in [6.45, 7) is 4.65. The van der Waals surface area contributed by atoms with Crippen molar-refractivity contribution in [2.24, 2.45) is 11.8 Å². The number of hydrogen-bond acceptors (Lipinski definition) is 3. The number of rotatable bonds is 7. The van der Waals surface area contributed by atoms with Gasteiger partial charge in [-0.15, -0.1) is 11.3 Å². The lowest BCUT2D eigenvalue weighted by Crippen LogP contribution is -2.40. The summed E-state index contributed by atoms with van der Waals surface area (Å²) in [7, 11) is 1.70. The predicted octanol–water partition coefficient (Wildman–Crippen LogP) is 2.64. The largest absolute Gasteiger partial charge is 0.481 e. The van der Waals surface area contributed by atoms with Crippen molar-refractivity contribution in [1.29, 1.82) is 0 Å². The number of nitrogens with one attached hydrogen (secondary N) is 1. The molecule has 0 saturated carbocycles. The fraction of sp³-hybridized carbons (Fsp3) is 0.571. The van der Waals surface area contributed by atoms with Crippen molar-refractivity contribution in [3.8, 4) is 0 Å². The molecular weight excluding hydrogens is 276 g/mol. The summed E-state index contributed by atoms with van der Waals surface area (Å²) in [5.41, 5.74) is 0. The molecular formula is C14H22N2O3S. The van der Waals surface area contributed by atoms with E-state index in [-0.39, 0.29) is 18.5 Å². The van der Waals surface area contributed by atoms with Gasteiger partial charge in [0.15, 0.2) is 0 Å². The van der Waals surface area contributed by atoms with Gasteiger partial charge >= 0.3 is 12.0 Å². The van der Waals surface area contributed by atoms with Crippen molar-refractivity contribution < 1.29 is 14.7 Å². The fourth-order valence-electron chi connectivity index (χ4n) is 1.89. The van der Waals surface area contributed by atoms with Gasteiger partial charge in [-0.05, 0) is 23.8 Å². The standard InChI is InChI=1S/C14H22N2O3S/c1-10(2)7-11(13(17)18)8-15-14(19)16(3)9-12-5-4-6-20-12/h4-6,10-11H,7-9H2,1-3H3,(H,15,19)(H,17,18). The SMILES string of the molecule is CC(C)CC(CNC(=O)N(C)Cc1cccs1)C(=O)O. The highest BCUT2D eigenvalue weighted by Gasteiger charge is 2.20. The highest BCUT2D eigenvalue weighted by molar-refractivity contribution is 7.09. The van der Waals surface area contributed by atoms with Crippen molar-refractivity contribution in [2.45, 2.75) is 26.8 Å². The summed E-state index contributed by atoms with van der Waals surface area (Å²) in [6, 6.07) is 3.66. The Morgan fingerprint density at radius 2 is 2.15 bits per heavy atom. The second-order valence-corrected chi connectivity index (χ2v) is 6.32. The summed E-state index contributed by atoms with van der Waals surface area (Å²) >= 11 is 1.59. The fourth-order valence-corrected chi connectivity index (χ4v) is 2.65. The molecule has 1 aromatic heterocycles. The zero-order chi connectivity index (χ0) is 15.1. The van der Waals surface area contributed by atoms with Gasteiger partial charge < -0.3 is 15.3 Å². The van der Waals surface area contributed by atoms with Crippen molar-refractivity contribution in [2.75, 3.05) is 13.6 Å². The predicted molar refractivity (Wildman–Crippen MR) is 79.8 cm³/mol. The molecule has 0 aromatic carbocycles. The van der Waals surface area contributed by atoms with Crippen LogP contribution >= 0.6 is 11.3 Å². The van der Waals surface area contributed by atoms with Gasteiger partial charge in [-0.25, -0.2) is 4.79 Å². The number of carboxylic acids is 1. The number of carbonyl (C=O) groups excluding carboxylic acids is 1. The number of amides is 2. The number of urea groups is 1. The van der Waals surface area contributed by atoms with E-state index in [1.54, 1.807) is 23.3 Å². The molecule has 6 heteroatoms. The number of carbonyl (C=O) groups is 2. The topological polar surface area (TPSA) is 69.6 Å². The van der Waals surface area contributed by atoms with Gasteiger partial charge in [0, 0.05) is 18.5 Å². The molecule has 1 aromatic rings. The van der Waals surface area contributed by atoms with Crippen LogP contribution in [0.3, 0.4) is 0 Å². The molecule has 2 N–H and O–H groups in total. The first kappa shape index (κ1) is 16.5. The molecule has 0 saturated heterocycles. The summed E-state index contributed by atoms with van der Waals surface area (Å²) in [5, 5.41) is 13.8. The van der Waals surface area contributed by atoms with Crippen molar-refractivity contribution in [1.82, 2.24) is 10.2 Å². The van der Waals surface area contributed by atoms with Crippen molar-refractivity contribution in [3.63, 3.8) is 0 Å². The highest BCUT2D eigenvalue weighted by atomic mass is 32.1. The van der Waals surface area contributed by atoms with E-state index in [0.717, 1.165) is 4.88 Å². The quantitative estimate of drug-likeness (QED) is 0.813. The van der Waals surface area contributed by atoms with E-state index in [2.05, 4.69) is 5.32 Å². The number of hydrogen-bond donors (Lipinski definition) is 2. The molecule has 2 amide bonds. The molecule has 0 aliphatic rings. The first-order valence-electron chi connectivity index (χ1n) is 6.64. The summed E-state index contributed by atoms with van der Waals surface area (Å²) < 4.78 is 0. The molecule has 0 fully saturated rings. The van der Waals surface area contributed by atoms with E-state index in [1.807, 2.05) is 31.4 Å². The molecule has 0 aliphatic carbocycles. The molecule has 1 heterocycles. The lowest BCUT2D eigenvalue weighted by atomic mass is 9.97. The van der Waals surface area contributed by atoms with Gasteiger partial charge in [-0.3, -0.25) is 4.79 Å². The van der Waals surface area contributed by atoms with E-state index < -0.39 is 11.9 Å². The maximum atomic E-state index is 11.9. The highest BCUT2D eigenvalue weighted by Crippen LogP contribution is 2.12. The van der Waals surface area contributed by atoms with Gasteiger partial charge in [0.2, 0.25) is 0 Å². The molecule has 1 rings (SSSR count). The van der Waals surface area contributed by atoms with Gasteiger partial charge in [0.05, 0.1) is 12.5 Å². The Morgan fingerprint density at radius 3 is 2.65 bits per heavy atom. The monoisotopic (exact) mass is 298 g/mol. The second kappa shape index (κ2) is 7.89. The summed E-state index contributed by atoms with van der Waals surface area (Å²) in [6.07, 6.45) is 0.560. The van der Waals surface area contributed by atoms with Crippen LogP contribution < -0.4 is 5.32 Å². The van der Waals surface area contributed by atoms with E-state index >= 15 is 0 Å². The molecule has 1 atom stereocenters. The lowest BCUT2D eigenvalue weighted by molar-refractivity contribution is -0.142. The Hall–Kier alpha value is -1.56. The van der Waals surface area contributed by atoms with Crippen LogP contribution in [0.2, 0.25) is 0 Å². The van der Waals surface area contributed by atoms with Gasteiger partial charge in [0.25, 0.3) is 0 Å². The Labute approximate surface area is 123 Å². The average molecular weight is 298 g/mol. The summed E-state index contributed by atoms with van der Waals surface area (Å²) in [4.78, 5) is 25.7. The van der Waals surface area contributed by atoms with Gasteiger partial charge in [-0.2, -0.15) is 0 Å². The maximum absolute atomic E-state index is 11.9. The molecule has 0 bridgehead atoms. The Morgan fingerprint density at radius 1 is 1.45 bits per heavy atom. The Balaban J connectivity index is 2.42. The third-order valence-corrected chi connectivity index (χ3v) is 3.79. The minimum atomic E-state index is -0.861. The maximum Gasteiger partial charge on any atom is 0.317 e. The molecule has 5 nitrogen and oxygen atoms in total. The first-order valence-corrected chi connectivity index (χ1v) is 7.52. The van der Waals surface area contributed by atoms with Crippen LogP contribution in [-0.2, 0) is 11.3 Å². The minimum Gasteiger partial charge on any atom is -0.481 e. The second-order valence-electron chi connectivity index (χ2n) is 5.29. The smallest absolute Gasteiger partial charge is 0.317 e. The van der Waals surface area contributed by atoms with Crippen LogP contribution in [0.15, 0.2) is 17.5 Å². The van der Waals surface area contributed by atoms with Crippen LogP contribution in [0.5, 0.6) is 0 Å². The Bertz CT molecular complexity index is 432. The average Bonchev–Trinajstić information content (AvgIpc) is 2.85. The van der Waals surface area contributed by atoms with Gasteiger partial charge in [0.1, 0.15) is 0 Å². The third-order valence-electron chi connectivity index (χ3n) is 2.92. The number of nitrogens with zero attached hydrogens (tertiary/aromatic N) is 1. The normalized spacial score (nSPS) is 12.2. The molecule has 0 radical (unpaired) electrons. The van der Waals surface area contributed by atoms with Crippen LogP contribution in [0, 0.1) is 11.8 Å². The van der Waals surface area contributed by atoms with Gasteiger partial charge in [-0.1, -0.05) is 19.9 Å². The van der Waals surface area contributed by atoms with E-state index in [4.69, 9.17) is 5.11 Å². The van der Waals surface area contributed by atoms with E-state index in [1.165, 1.54) is 0 Å².